The van der Waals surface area contributed by atoms with Gasteiger partial charge in [0.25, 0.3) is 0 Å². The highest BCUT2D eigenvalue weighted by Gasteiger charge is 2.31. The molecule has 0 bridgehead atoms. The minimum absolute atomic E-state index is 0.0629. The van der Waals surface area contributed by atoms with Crippen molar-refractivity contribution < 1.29 is 13.2 Å². The Hall–Kier alpha value is -2.20. The Balaban J connectivity index is 0.000000701. The average molecular weight is 368 g/mol. The van der Waals surface area contributed by atoms with E-state index in [1.165, 1.54) is 0 Å². The number of carbonyl (C=O) groups is 1. The monoisotopic (exact) mass is 368 g/mol. The molecule has 0 saturated carbocycles. The molecule has 1 saturated heterocycles. The second-order valence-electron chi connectivity index (χ2n) is 6.04. The van der Waals surface area contributed by atoms with Crippen LogP contribution < -0.4 is 11.1 Å². The van der Waals surface area contributed by atoms with E-state index in [9.17, 15) is 8.42 Å². The van der Waals surface area contributed by atoms with Crippen molar-refractivity contribution in [3.63, 3.8) is 0 Å². The summed E-state index contributed by atoms with van der Waals surface area (Å²) >= 11 is 0. The lowest BCUT2D eigenvalue weighted by Gasteiger charge is -2.33. The first-order chi connectivity index (χ1) is 11.9. The molecule has 0 spiro atoms. The van der Waals surface area contributed by atoms with Crippen LogP contribution in [0.2, 0.25) is 0 Å². The normalized spacial score (nSPS) is 18.6. The Labute approximate surface area is 147 Å². The molecule has 0 aliphatic carbocycles. The first-order valence-electron chi connectivity index (χ1n) is 8.09. The van der Waals surface area contributed by atoms with Crippen LogP contribution in [0.1, 0.15) is 26.7 Å². The molecule has 4 N–H and O–H groups in total. The highest BCUT2D eigenvalue weighted by Crippen LogP contribution is 2.20. The number of nitrogens with zero attached hydrogens (tertiary/aromatic N) is 3. The van der Waals surface area contributed by atoms with Gasteiger partial charge in [-0.3, -0.25) is 4.79 Å². The van der Waals surface area contributed by atoms with Crippen LogP contribution in [0, 0.1) is 0 Å². The number of aromatic nitrogens is 3. The van der Waals surface area contributed by atoms with Crippen LogP contribution in [0.4, 0.5) is 5.82 Å². The molecule has 138 valence electrons. The van der Waals surface area contributed by atoms with Crippen molar-refractivity contribution in [1.82, 2.24) is 19.3 Å². The highest BCUT2D eigenvalue weighted by molar-refractivity contribution is 7.89. The zero-order valence-electron chi connectivity index (χ0n) is 14.3. The predicted molar refractivity (Wildman–Crippen MR) is 96.4 cm³/mol. The number of piperidine rings is 1. The molecule has 3 rings (SSSR count). The van der Waals surface area contributed by atoms with Crippen LogP contribution in [0.15, 0.2) is 18.5 Å². The summed E-state index contributed by atoms with van der Waals surface area (Å²) in [5.41, 5.74) is 5.71. The van der Waals surface area contributed by atoms with E-state index in [4.69, 9.17) is 4.79 Å². The number of anilines is 1. The van der Waals surface area contributed by atoms with Gasteiger partial charge in [-0.1, -0.05) is 0 Å². The van der Waals surface area contributed by atoms with Gasteiger partial charge in [-0.05, 0) is 32.8 Å². The van der Waals surface area contributed by atoms with Crippen LogP contribution in [-0.2, 0) is 14.8 Å². The Kier molecular flexibility index (Phi) is 6.32. The Morgan fingerprint density at radius 2 is 2.20 bits per heavy atom. The minimum atomic E-state index is -3.20. The summed E-state index contributed by atoms with van der Waals surface area (Å²) in [5, 5.41) is 2.92. The number of hydrogen-bond acceptors (Lipinski definition) is 6. The van der Waals surface area contributed by atoms with Gasteiger partial charge in [0.1, 0.15) is 11.3 Å². The first kappa shape index (κ1) is 19.1. The van der Waals surface area contributed by atoms with E-state index in [1.807, 2.05) is 6.07 Å². The Morgan fingerprint density at radius 1 is 1.48 bits per heavy atom. The number of carbonyl (C=O) groups excluding carboxylic acids is 1. The summed E-state index contributed by atoms with van der Waals surface area (Å²) in [5.74, 6) is 0.681. The average Bonchev–Trinajstić information content (AvgIpc) is 3.03. The molecule has 1 unspecified atom stereocenters. The summed E-state index contributed by atoms with van der Waals surface area (Å²) in [6.45, 7) is 4.52. The molecule has 1 aliphatic rings. The second-order valence-corrected chi connectivity index (χ2v) is 8.53. The van der Waals surface area contributed by atoms with Gasteiger partial charge in [-0.25, -0.2) is 18.4 Å². The number of aromatic amines is 1. The standard InChI is InChI=1S/C14H21N5O2S.CH3NO/c1-10(2)22(20,21)19-7-3-4-11(9-19)17-13-8-16-14-12(18-13)5-6-15-14;2-1-3/h5-6,8,10-11H,3-4,7,9H2,1-2H3,(H,15,16)(H,17,18);1H,(H2,2,3). The quantitative estimate of drug-likeness (QED) is 0.679. The van der Waals surface area contributed by atoms with E-state index >= 15 is 0 Å². The van der Waals surface area contributed by atoms with Gasteiger partial charge in [0, 0.05) is 25.3 Å². The van der Waals surface area contributed by atoms with Crippen LogP contribution >= 0.6 is 0 Å². The van der Waals surface area contributed by atoms with Crippen LogP contribution in [0.25, 0.3) is 11.2 Å². The molecular weight excluding hydrogens is 344 g/mol. The van der Waals surface area contributed by atoms with Gasteiger partial charge in [-0.2, -0.15) is 4.31 Å². The number of hydrogen-bond donors (Lipinski definition) is 3. The fourth-order valence-corrected chi connectivity index (χ4v) is 4.07. The van der Waals surface area contributed by atoms with Gasteiger partial charge in [0.15, 0.2) is 5.65 Å². The van der Waals surface area contributed by atoms with Crippen molar-refractivity contribution >= 4 is 33.4 Å². The summed E-state index contributed by atoms with van der Waals surface area (Å²) < 4.78 is 26.2. The molecule has 2 aromatic heterocycles. The first-order valence-corrected chi connectivity index (χ1v) is 9.59. The SMILES string of the molecule is CC(C)S(=O)(=O)N1CCCC(Nc2cnc3[nH]ccc3n2)C1.NC=O. The maximum Gasteiger partial charge on any atom is 0.216 e. The third-order valence-electron chi connectivity index (χ3n) is 3.95. The third kappa shape index (κ3) is 4.67. The second kappa shape index (κ2) is 8.26. The summed E-state index contributed by atoms with van der Waals surface area (Å²) in [7, 11) is -3.20. The molecule has 3 heterocycles. The van der Waals surface area contributed by atoms with Gasteiger partial charge >= 0.3 is 0 Å². The zero-order chi connectivity index (χ0) is 18.4. The molecule has 0 aromatic carbocycles. The summed E-state index contributed by atoms with van der Waals surface area (Å²) in [6.07, 6.45) is 5.50. The number of H-pyrrole nitrogens is 1. The largest absolute Gasteiger partial charge is 0.372 e. The van der Waals surface area contributed by atoms with E-state index in [0.717, 1.165) is 24.0 Å². The van der Waals surface area contributed by atoms with E-state index in [1.54, 1.807) is 30.5 Å². The fraction of sp³-hybridized carbons (Fsp3) is 0.533. The van der Waals surface area contributed by atoms with Gasteiger partial charge in [-0.15, -0.1) is 0 Å². The predicted octanol–water partition coefficient (Wildman–Crippen LogP) is 0.674. The lowest BCUT2D eigenvalue weighted by molar-refractivity contribution is -0.106. The molecule has 1 fully saturated rings. The van der Waals surface area contributed by atoms with E-state index in [-0.39, 0.29) is 17.7 Å². The van der Waals surface area contributed by atoms with Crippen molar-refractivity contribution in [1.29, 1.82) is 0 Å². The number of nitrogens with one attached hydrogen (secondary N) is 2. The summed E-state index contributed by atoms with van der Waals surface area (Å²) in [4.78, 5) is 20.4. The van der Waals surface area contributed by atoms with Crippen molar-refractivity contribution in [3.05, 3.63) is 18.5 Å². The smallest absolute Gasteiger partial charge is 0.216 e. The maximum atomic E-state index is 12.3. The van der Waals surface area contributed by atoms with Gasteiger partial charge in [0.2, 0.25) is 16.4 Å². The van der Waals surface area contributed by atoms with Crippen molar-refractivity contribution in [2.24, 2.45) is 5.73 Å². The van der Waals surface area contributed by atoms with Gasteiger partial charge < -0.3 is 16.0 Å². The molecule has 9 nitrogen and oxygen atoms in total. The van der Waals surface area contributed by atoms with Crippen molar-refractivity contribution in [2.45, 2.75) is 38.0 Å². The van der Waals surface area contributed by atoms with Gasteiger partial charge in [0.05, 0.1) is 11.4 Å². The number of rotatable bonds is 4. The third-order valence-corrected chi connectivity index (χ3v) is 6.20. The van der Waals surface area contributed by atoms with E-state index in [2.05, 4.69) is 26.0 Å². The minimum Gasteiger partial charge on any atom is -0.372 e. The molecule has 2 aromatic rings. The molecule has 25 heavy (non-hydrogen) atoms. The zero-order valence-corrected chi connectivity index (χ0v) is 15.2. The number of primary amides is 1. The maximum absolute atomic E-state index is 12.3. The topological polar surface area (TPSA) is 134 Å². The fourth-order valence-electron chi connectivity index (χ4n) is 2.70. The van der Waals surface area contributed by atoms with Crippen molar-refractivity contribution in [3.8, 4) is 0 Å². The Morgan fingerprint density at radius 3 is 2.88 bits per heavy atom. The van der Waals surface area contributed by atoms with Crippen molar-refractivity contribution in [2.75, 3.05) is 18.4 Å². The molecule has 1 amide bonds. The summed E-state index contributed by atoms with van der Waals surface area (Å²) in [6, 6.07) is 1.93. The number of nitrogens with two attached hydrogens (primary N) is 1. The molecule has 0 radical (unpaired) electrons. The number of fused-ring (bicyclic) bond motifs is 1. The molecular formula is C15H24N6O3S. The number of sulfonamides is 1. The lowest BCUT2D eigenvalue weighted by Crippen LogP contribution is -2.47. The highest BCUT2D eigenvalue weighted by atomic mass is 32.2. The van der Waals surface area contributed by atoms with Crippen LogP contribution in [0.3, 0.4) is 0 Å². The van der Waals surface area contributed by atoms with E-state index in [0.29, 0.717) is 18.9 Å². The van der Waals surface area contributed by atoms with Crippen LogP contribution in [-0.4, -0.2) is 58.5 Å². The molecule has 1 atom stereocenters. The molecule has 1 aliphatic heterocycles. The van der Waals surface area contributed by atoms with Crippen LogP contribution in [0.5, 0.6) is 0 Å². The lowest BCUT2D eigenvalue weighted by atomic mass is 10.1. The Bertz CT molecular complexity index is 804. The van der Waals surface area contributed by atoms with E-state index < -0.39 is 10.0 Å². The number of amides is 1. The molecule has 10 heteroatoms.